The average Bonchev–Trinajstić information content (AvgIpc) is 2.72. The molecular formula is C14H18BrN3. The largest absolute Gasteiger partial charge is 0.383 e. The van der Waals surface area contributed by atoms with E-state index in [2.05, 4.69) is 53.0 Å². The number of rotatable bonds is 4. The highest BCUT2D eigenvalue weighted by molar-refractivity contribution is 9.10. The van der Waals surface area contributed by atoms with Crippen molar-refractivity contribution in [3.8, 4) is 11.3 Å². The number of nitrogens with zero attached hydrogens (tertiary/aromatic N) is 2. The Hall–Kier alpha value is -1.29. The van der Waals surface area contributed by atoms with E-state index in [-0.39, 0.29) is 0 Å². The highest BCUT2D eigenvalue weighted by atomic mass is 79.9. The van der Waals surface area contributed by atoms with E-state index in [1.165, 1.54) is 5.56 Å². The van der Waals surface area contributed by atoms with E-state index in [1.54, 1.807) is 0 Å². The molecule has 18 heavy (non-hydrogen) atoms. The first-order valence-electron chi connectivity index (χ1n) is 6.20. The third-order valence-electron chi connectivity index (χ3n) is 3.08. The second-order valence-corrected chi connectivity index (χ2v) is 5.34. The first-order chi connectivity index (χ1) is 8.63. The molecule has 0 aliphatic carbocycles. The van der Waals surface area contributed by atoms with Crippen molar-refractivity contribution in [2.75, 3.05) is 5.73 Å². The van der Waals surface area contributed by atoms with Gasteiger partial charge in [-0.1, -0.05) is 41.4 Å². The number of anilines is 1. The van der Waals surface area contributed by atoms with Crippen molar-refractivity contribution in [1.82, 2.24) is 9.55 Å². The number of imidazole rings is 1. The summed E-state index contributed by atoms with van der Waals surface area (Å²) in [6, 6.07) is 6.20. The molecule has 2 aromatic rings. The van der Waals surface area contributed by atoms with Gasteiger partial charge in [0.25, 0.3) is 0 Å². The fourth-order valence-corrected chi connectivity index (χ4v) is 2.24. The predicted molar refractivity (Wildman–Crippen MR) is 79.4 cm³/mol. The Morgan fingerprint density at radius 1 is 1.39 bits per heavy atom. The van der Waals surface area contributed by atoms with Crippen LogP contribution in [-0.2, 0) is 6.54 Å². The third-order valence-corrected chi connectivity index (χ3v) is 3.93. The quantitative estimate of drug-likeness (QED) is 0.927. The van der Waals surface area contributed by atoms with Gasteiger partial charge >= 0.3 is 0 Å². The molecule has 2 N–H and O–H groups in total. The number of hydrogen-bond donors (Lipinski definition) is 1. The van der Waals surface area contributed by atoms with Gasteiger partial charge in [0, 0.05) is 16.6 Å². The van der Waals surface area contributed by atoms with Gasteiger partial charge in [-0.3, -0.25) is 0 Å². The monoisotopic (exact) mass is 307 g/mol. The van der Waals surface area contributed by atoms with Crippen LogP contribution in [0.25, 0.3) is 11.3 Å². The van der Waals surface area contributed by atoms with E-state index in [4.69, 9.17) is 5.73 Å². The lowest BCUT2D eigenvalue weighted by Crippen LogP contribution is -2.02. The van der Waals surface area contributed by atoms with Crippen molar-refractivity contribution >= 4 is 21.7 Å². The Bertz CT molecular complexity index is 546. The lowest BCUT2D eigenvalue weighted by Gasteiger charge is -2.06. The van der Waals surface area contributed by atoms with Crippen molar-refractivity contribution in [3.05, 3.63) is 34.6 Å². The number of benzene rings is 1. The van der Waals surface area contributed by atoms with Crippen LogP contribution >= 0.6 is 15.9 Å². The molecule has 0 fully saturated rings. The first kappa shape index (κ1) is 13.1. The molecule has 1 aromatic carbocycles. The number of halogens is 1. The van der Waals surface area contributed by atoms with Crippen LogP contribution in [-0.4, -0.2) is 9.55 Å². The number of nitrogens with two attached hydrogens (primary N) is 1. The first-order valence-corrected chi connectivity index (χ1v) is 7.00. The van der Waals surface area contributed by atoms with Gasteiger partial charge in [0.1, 0.15) is 11.5 Å². The topological polar surface area (TPSA) is 43.8 Å². The van der Waals surface area contributed by atoms with E-state index in [0.29, 0.717) is 0 Å². The molecule has 1 heterocycles. The van der Waals surface area contributed by atoms with Crippen LogP contribution in [0, 0.1) is 6.92 Å². The van der Waals surface area contributed by atoms with E-state index in [9.17, 15) is 0 Å². The zero-order valence-corrected chi connectivity index (χ0v) is 12.4. The summed E-state index contributed by atoms with van der Waals surface area (Å²) in [5.74, 6) is 0.749. The molecule has 0 amide bonds. The second-order valence-electron chi connectivity index (χ2n) is 4.49. The van der Waals surface area contributed by atoms with Gasteiger partial charge in [0.2, 0.25) is 0 Å². The van der Waals surface area contributed by atoms with Gasteiger partial charge in [-0.15, -0.1) is 0 Å². The molecule has 4 heteroatoms. The smallest absolute Gasteiger partial charge is 0.131 e. The average molecular weight is 308 g/mol. The molecule has 1 aromatic heterocycles. The molecule has 96 valence electrons. The second kappa shape index (κ2) is 5.57. The lowest BCUT2D eigenvalue weighted by molar-refractivity contribution is 0.637. The van der Waals surface area contributed by atoms with E-state index < -0.39 is 0 Å². The Labute approximate surface area is 116 Å². The summed E-state index contributed by atoms with van der Waals surface area (Å²) in [7, 11) is 0. The normalized spacial score (nSPS) is 10.8. The number of aromatic nitrogens is 2. The fourth-order valence-electron chi connectivity index (χ4n) is 1.86. The minimum atomic E-state index is 0.749. The van der Waals surface area contributed by atoms with Gasteiger partial charge in [-0.25, -0.2) is 4.98 Å². The van der Waals surface area contributed by atoms with Crippen LogP contribution in [0.1, 0.15) is 25.3 Å². The molecule has 0 saturated heterocycles. The van der Waals surface area contributed by atoms with Crippen molar-refractivity contribution in [2.45, 2.75) is 33.2 Å². The summed E-state index contributed by atoms with van der Waals surface area (Å²) >= 11 is 3.54. The molecule has 0 bridgehead atoms. The minimum Gasteiger partial charge on any atom is -0.383 e. The van der Waals surface area contributed by atoms with Crippen LogP contribution in [0.15, 0.2) is 29.0 Å². The number of nitrogen functional groups attached to an aromatic ring is 1. The molecule has 0 aliphatic rings. The molecular weight excluding hydrogens is 290 g/mol. The zero-order chi connectivity index (χ0) is 13.1. The standard InChI is InChI=1S/C14H18BrN3/c1-3-4-7-18-9-17-13(14(18)16)11-6-5-10(2)12(15)8-11/h5-6,8-9H,3-4,7,16H2,1-2H3. The summed E-state index contributed by atoms with van der Waals surface area (Å²) < 4.78 is 3.11. The lowest BCUT2D eigenvalue weighted by atomic mass is 10.1. The maximum Gasteiger partial charge on any atom is 0.131 e. The Morgan fingerprint density at radius 3 is 2.83 bits per heavy atom. The van der Waals surface area contributed by atoms with Crippen molar-refractivity contribution in [3.63, 3.8) is 0 Å². The SMILES string of the molecule is CCCCn1cnc(-c2ccc(C)c(Br)c2)c1N. The van der Waals surface area contributed by atoms with Crippen molar-refractivity contribution in [2.24, 2.45) is 0 Å². The van der Waals surface area contributed by atoms with E-state index in [0.717, 1.165) is 40.9 Å². The summed E-state index contributed by atoms with van der Waals surface area (Å²) in [6.07, 6.45) is 4.11. The molecule has 0 atom stereocenters. The van der Waals surface area contributed by atoms with Gasteiger partial charge in [0.15, 0.2) is 0 Å². The Kier molecular flexibility index (Phi) is 4.07. The summed E-state index contributed by atoms with van der Waals surface area (Å²) in [5.41, 5.74) is 9.28. The fraction of sp³-hybridized carbons (Fsp3) is 0.357. The van der Waals surface area contributed by atoms with Gasteiger partial charge < -0.3 is 10.3 Å². The number of hydrogen-bond acceptors (Lipinski definition) is 2. The molecule has 0 spiro atoms. The van der Waals surface area contributed by atoms with Crippen LogP contribution in [0.2, 0.25) is 0 Å². The minimum absolute atomic E-state index is 0.749. The van der Waals surface area contributed by atoms with Gasteiger partial charge in [-0.05, 0) is 25.0 Å². The molecule has 3 nitrogen and oxygen atoms in total. The van der Waals surface area contributed by atoms with Crippen LogP contribution in [0.3, 0.4) is 0 Å². The van der Waals surface area contributed by atoms with Crippen LogP contribution in [0.5, 0.6) is 0 Å². The third kappa shape index (κ3) is 2.58. The van der Waals surface area contributed by atoms with Gasteiger partial charge in [0.05, 0.1) is 6.33 Å². The van der Waals surface area contributed by atoms with E-state index in [1.807, 2.05) is 10.9 Å². The molecule has 0 unspecified atom stereocenters. The van der Waals surface area contributed by atoms with Crippen LogP contribution < -0.4 is 5.73 Å². The van der Waals surface area contributed by atoms with Crippen LogP contribution in [0.4, 0.5) is 5.82 Å². The Balaban J connectivity index is 2.33. The number of unbranched alkanes of at least 4 members (excludes halogenated alkanes) is 1. The molecule has 0 radical (unpaired) electrons. The maximum absolute atomic E-state index is 6.15. The van der Waals surface area contributed by atoms with E-state index >= 15 is 0 Å². The predicted octanol–water partition coefficient (Wildman–Crippen LogP) is 4.00. The molecule has 2 rings (SSSR count). The highest BCUT2D eigenvalue weighted by Crippen LogP contribution is 2.28. The van der Waals surface area contributed by atoms with Crippen molar-refractivity contribution in [1.29, 1.82) is 0 Å². The van der Waals surface area contributed by atoms with Crippen molar-refractivity contribution < 1.29 is 0 Å². The molecule has 0 aliphatic heterocycles. The summed E-state index contributed by atoms with van der Waals surface area (Å²) in [4.78, 5) is 4.43. The summed E-state index contributed by atoms with van der Waals surface area (Å²) in [5, 5.41) is 0. The maximum atomic E-state index is 6.15. The molecule has 0 saturated carbocycles. The number of aryl methyl sites for hydroxylation is 2. The van der Waals surface area contributed by atoms with Gasteiger partial charge in [-0.2, -0.15) is 0 Å². The Morgan fingerprint density at radius 2 is 2.17 bits per heavy atom. The highest BCUT2D eigenvalue weighted by Gasteiger charge is 2.10. The summed E-state index contributed by atoms with van der Waals surface area (Å²) in [6.45, 7) is 5.17. The zero-order valence-electron chi connectivity index (χ0n) is 10.8.